The summed E-state index contributed by atoms with van der Waals surface area (Å²) in [7, 11) is 1.39. The maximum absolute atomic E-state index is 10.7. The molecular weight excluding hydrogens is 182 g/mol. The van der Waals surface area contributed by atoms with Crippen molar-refractivity contribution in [1.82, 2.24) is 5.32 Å². The summed E-state index contributed by atoms with van der Waals surface area (Å²) in [6.45, 7) is 8.24. The molecule has 0 amide bonds. The lowest BCUT2D eigenvalue weighted by atomic mass is 10.4. The summed E-state index contributed by atoms with van der Waals surface area (Å²) in [4.78, 5) is 10.7. The van der Waals surface area contributed by atoms with Crippen molar-refractivity contribution >= 4 is 5.97 Å². The van der Waals surface area contributed by atoms with Crippen LogP contribution < -0.4 is 5.32 Å². The van der Waals surface area contributed by atoms with Crippen molar-refractivity contribution in [2.75, 3.05) is 33.4 Å². The maximum Gasteiger partial charge on any atom is 0.306 e. The monoisotopic (exact) mass is 201 g/mol. The second-order valence-electron chi connectivity index (χ2n) is 3.09. The Hall–Kier alpha value is -0.870. The van der Waals surface area contributed by atoms with Crippen LogP contribution in [-0.2, 0) is 14.3 Å². The quantitative estimate of drug-likeness (QED) is 0.357. The molecule has 0 rings (SSSR count). The minimum absolute atomic E-state index is 0.194. The van der Waals surface area contributed by atoms with E-state index in [4.69, 9.17) is 4.74 Å². The van der Waals surface area contributed by atoms with Crippen molar-refractivity contribution in [3.8, 4) is 0 Å². The number of carbonyl (C=O) groups is 1. The first kappa shape index (κ1) is 13.1. The van der Waals surface area contributed by atoms with E-state index in [1.165, 1.54) is 7.11 Å². The highest BCUT2D eigenvalue weighted by Gasteiger charge is 1.97. The molecule has 0 atom stereocenters. The highest BCUT2D eigenvalue weighted by molar-refractivity contribution is 5.69. The van der Waals surface area contributed by atoms with Gasteiger partial charge in [-0.05, 0) is 6.92 Å². The number of esters is 1. The molecule has 4 nitrogen and oxygen atoms in total. The fourth-order valence-electron chi connectivity index (χ4n) is 0.808. The molecule has 0 saturated carbocycles. The van der Waals surface area contributed by atoms with E-state index in [-0.39, 0.29) is 5.97 Å². The van der Waals surface area contributed by atoms with E-state index in [0.717, 1.165) is 12.1 Å². The number of hydrogen-bond donors (Lipinski definition) is 1. The van der Waals surface area contributed by atoms with Gasteiger partial charge in [0.05, 0.1) is 26.7 Å². The zero-order chi connectivity index (χ0) is 10.8. The average Bonchev–Trinajstić information content (AvgIpc) is 2.15. The molecule has 0 aliphatic carbocycles. The minimum Gasteiger partial charge on any atom is -0.469 e. The van der Waals surface area contributed by atoms with Gasteiger partial charge in [0, 0.05) is 13.1 Å². The highest BCUT2D eigenvalue weighted by atomic mass is 16.5. The van der Waals surface area contributed by atoms with E-state index >= 15 is 0 Å². The first-order valence-electron chi connectivity index (χ1n) is 4.66. The Labute approximate surface area is 85.3 Å². The van der Waals surface area contributed by atoms with E-state index < -0.39 is 0 Å². The normalized spacial score (nSPS) is 9.86. The van der Waals surface area contributed by atoms with Crippen LogP contribution >= 0.6 is 0 Å². The Bertz CT molecular complexity index is 180. The Morgan fingerprint density at radius 1 is 1.43 bits per heavy atom. The van der Waals surface area contributed by atoms with Gasteiger partial charge >= 0.3 is 5.97 Å². The van der Waals surface area contributed by atoms with E-state index in [2.05, 4.69) is 16.6 Å². The SMILES string of the molecule is C=C(C)COCCNCCC(=O)OC. The largest absolute Gasteiger partial charge is 0.469 e. The van der Waals surface area contributed by atoms with Crippen molar-refractivity contribution in [2.24, 2.45) is 0 Å². The molecule has 4 heteroatoms. The molecule has 0 radical (unpaired) electrons. The molecule has 0 aromatic heterocycles. The fraction of sp³-hybridized carbons (Fsp3) is 0.700. The van der Waals surface area contributed by atoms with Crippen molar-refractivity contribution in [1.29, 1.82) is 0 Å². The van der Waals surface area contributed by atoms with Gasteiger partial charge in [0.25, 0.3) is 0 Å². The molecule has 0 fully saturated rings. The van der Waals surface area contributed by atoms with Gasteiger partial charge in [-0.3, -0.25) is 4.79 Å². The van der Waals surface area contributed by atoms with Crippen LogP contribution in [0.5, 0.6) is 0 Å². The zero-order valence-corrected chi connectivity index (χ0v) is 8.97. The summed E-state index contributed by atoms with van der Waals surface area (Å²) in [5.74, 6) is -0.194. The minimum atomic E-state index is -0.194. The van der Waals surface area contributed by atoms with Crippen molar-refractivity contribution in [3.63, 3.8) is 0 Å². The van der Waals surface area contributed by atoms with Crippen LogP contribution in [0.25, 0.3) is 0 Å². The third-order valence-electron chi connectivity index (χ3n) is 1.51. The molecule has 0 aromatic rings. The smallest absolute Gasteiger partial charge is 0.306 e. The number of hydrogen-bond acceptors (Lipinski definition) is 4. The van der Waals surface area contributed by atoms with Crippen molar-refractivity contribution < 1.29 is 14.3 Å². The summed E-state index contributed by atoms with van der Waals surface area (Å²) >= 11 is 0. The third kappa shape index (κ3) is 9.22. The predicted molar refractivity (Wildman–Crippen MR) is 55.1 cm³/mol. The first-order chi connectivity index (χ1) is 6.66. The molecule has 0 aliphatic rings. The Morgan fingerprint density at radius 2 is 2.14 bits per heavy atom. The second kappa shape index (κ2) is 8.72. The van der Waals surface area contributed by atoms with Gasteiger partial charge in [-0.15, -0.1) is 0 Å². The average molecular weight is 201 g/mol. The lowest BCUT2D eigenvalue weighted by Gasteiger charge is -2.05. The van der Waals surface area contributed by atoms with Crippen molar-refractivity contribution in [3.05, 3.63) is 12.2 Å². The third-order valence-corrected chi connectivity index (χ3v) is 1.51. The standard InChI is InChI=1S/C10H19NO3/c1-9(2)8-14-7-6-11-5-4-10(12)13-3/h11H,1,4-8H2,2-3H3. The van der Waals surface area contributed by atoms with Gasteiger partial charge in [-0.25, -0.2) is 0 Å². The first-order valence-corrected chi connectivity index (χ1v) is 4.66. The van der Waals surface area contributed by atoms with E-state index in [9.17, 15) is 4.79 Å². The number of nitrogens with one attached hydrogen (secondary N) is 1. The van der Waals surface area contributed by atoms with E-state index in [1.807, 2.05) is 6.92 Å². The zero-order valence-electron chi connectivity index (χ0n) is 8.97. The van der Waals surface area contributed by atoms with Gasteiger partial charge in [-0.1, -0.05) is 12.2 Å². The second-order valence-corrected chi connectivity index (χ2v) is 3.09. The van der Waals surface area contributed by atoms with Crippen LogP contribution in [-0.4, -0.2) is 39.4 Å². The lowest BCUT2D eigenvalue weighted by Crippen LogP contribution is -2.23. The number of methoxy groups -OCH3 is 1. The Morgan fingerprint density at radius 3 is 2.71 bits per heavy atom. The molecule has 0 spiro atoms. The fourth-order valence-corrected chi connectivity index (χ4v) is 0.808. The molecule has 0 saturated heterocycles. The van der Waals surface area contributed by atoms with Crippen LogP contribution in [0, 0.1) is 0 Å². The van der Waals surface area contributed by atoms with Crippen molar-refractivity contribution in [2.45, 2.75) is 13.3 Å². The molecule has 0 bridgehead atoms. The predicted octanol–water partition coefficient (Wildman–Crippen LogP) is 0.732. The Balaban J connectivity index is 3.06. The summed E-state index contributed by atoms with van der Waals surface area (Å²) in [5.41, 5.74) is 1.01. The number of ether oxygens (including phenoxy) is 2. The molecule has 14 heavy (non-hydrogen) atoms. The molecule has 1 N–H and O–H groups in total. The van der Waals surface area contributed by atoms with Crippen LogP contribution in [0.1, 0.15) is 13.3 Å². The number of rotatable bonds is 8. The van der Waals surface area contributed by atoms with E-state index in [0.29, 0.717) is 26.2 Å². The summed E-state index contributed by atoms with van der Waals surface area (Å²) in [6, 6.07) is 0. The van der Waals surface area contributed by atoms with Gasteiger partial charge in [0.1, 0.15) is 0 Å². The molecular formula is C10H19NO3. The topological polar surface area (TPSA) is 47.6 Å². The molecule has 0 aliphatic heterocycles. The number of carbonyl (C=O) groups excluding carboxylic acids is 1. The Kier molecular flexibility index (Phi) is 8.17. The molecule has 0 heterocycles. The molecule has 82 valence electrons. The van der Waals surface area contributed by atoms with Gasteiger partial charge in [0.15, 0.2) is 0 Å². The van der Waals surface area contributed by atoms with Crippen LogP contribution in [0.4, 0.5) is 0 Å². The van der Waals surface area contributed by atoms with Crippen LogP contribution in [0.15, 0.2) is 12.2 Å². The van der Waals surface area contributed by atoms with Gasteiger partial charge < -0.3 is 14.8 Å². The summed E-state index contributed by atoms with van der Waals surface area (Å²) in [5, 5.41) is 3.07. The van der Waals surface area contributed by atoms with Crippen LogP contribution in [0.3, 0.4) is 0 Å². The summed E-state index contributed by atoms with van der Waals surface area (Å²) < 4.78 is 9.74. The van der Waals surface area contributed by atoms with E-state index in [1.54, 1.807) is 0 Å². The molecule has 0 aromatic carbocycles. The van der Waals surface area contributed by atoms with Gasteiger partial charge in [-0.2, -0.15) is 0 Å². The summed E-state index contributed by atoms with van der Waals surface area (Å²) in [6.07, 6.45) is 0.400. The van der Waals surface area contributed by atoms with Gasteiger partial charge in [0.2, 0.25) is 0 Å². The molecule has 0 unspecified atom stereocenters. The van der Waals surface area contributed by atoms with Crippen LogP contribution in [0.2, 0.25) is 0 Å². The lowest BCUT2D eigenvalue weighted by molar-refractivity contribution is -0.140. The highest BCUT2D eigenvalue weighted by Crippen LogP contribution is 1.86. The maximum atomic E-state index is 10.7.